The molecule has 0 aliphatic heterocycles. The lowest BCUT2D eigenvalue weighted by Gasteiger charge is -2.11. The van der Waals surface area contributed by atoms with Gasteiger partial charge in [-0.15, -0.1) is 0 Å². The molecule has 1 heterocycles. The minimum atomic E-state index is -0.284. The lowest BCUT2D eigenvalue weighted by molar-refractivity contribution is 0.102. The third-order valence-electron chi connectivity index (χ3n) is 3.91. The standard InChI is InChI=1S/C21H20N2O3/c1-15-4-2-5-16(10-15)14-26-19-7-3-6-17(11-19)21(25)23-20-12-22-9-8-18(20)13-24/h2-12,24H,13-14H2,1H3,(H,23,25). The van der Waals surface area contributed by atoms with Gasteiger partial charge in [0.1, 0.15) is 12.4 Å². The number of nitrogens with one attached hydrogen (secondary N) is 1. The summed E-state index contributed by atoms with van der Waals surface area (Å²) in [4.78, 5) is 16.5. The molecule has 0 aliphatic rings. The normalized spacial score (nSPS) is 10.4. The monoisotopic (exact) mass is 348 g/mol. The van der Waals surface area contributed by atoms with Gasteiger partial charge in [-0.25, -0.2) is 0 Å². The molecular weight excluding hydrogens is 328 g/mol. The first-order valence-electron chi connectivity index (χ1n) is 8.29. The molecule has 2 N–H and O–H groups in total. The van der Waals surface area contributed by atoms with E-state index in [4.69, 9.17) is 4.74 Å². The van der Waals surface area contributed by atoms with E-state index in [-0.39, 0.29) is 12.5 Å². The minimum Gasteiger partial charge on any atom is -0.489 e. The fourth-order valence-corrected chi connectivity index (χ4v) is 2.56. The summed E-state index contributed by atoms with van der Waals surface area (Å²) in [6.45, 7) is 2.30. The van der Waals surface area contributed by atoms with E-state index >= 15 is 0 Å². The molecule has 132 valence electrons. The van der Waals surface area contributed by atoms with Gasteiger partial charge in [0, 0.05) is 17.3 Å². The van der Waals surface area contributed by atoms with Crippen LogP contribution in [0.5, 0.6) is 5.75 Å². The van der Waals surface area contributed by atoms with Crippen molar-refractivity contribution in [3.63, 3.8) is 0 Å². The smallest absolute Gasteiger partial charge is 0.255 e. The van der Waals surface area contributed by atoms with Crippen LogP contribution in [0.15, 0.2) is 67.0 Å². The average molecular weight is 348 g/mol. The summed E-state index contributed by atoms with van der Waals surface area (Å²) in [6.07, 6.45) is 3.09. The number of anilines is 1. The minimum absolute atomic E-state index is 0.169. The summed E-state index contributed by atoms with van der Waals surface area (Å²) in [6, 6.07) is 16.8. The van der Waals surface area contributed by atoms with Crippen LogP contribution in [0.25, 0.3) is 0 Å². The van der Waals surface area contributed by atoms with Crippen molar-refractivity contribution in [2.75, 3.05) is 5.32 Å². The second kappa shape index (κ2) is 8.27. The predicted molar refractivity (Wildman–Crippen MR) is 100 cm³/mol. The first-order valence-corrected chi connectivity index (χ1v) is 8.29. The zero-order valence-electron chi connectivity index (χ0n) is 14.5. The highest BCUT2D eigenvalue weighted by Crippen LogP contribution is 2.18. The van der Waals surface area contributed by atoms with E-state index in [0.717, 1.165) is 5.56 Å². The Balaban J connectivity index is 1.69. The predicted octanol–water partition coefficient (Wildman–Crippen LogP) is 3.71. The summed E-state index contributed by atoms with van der Waals surface area (Å²) in [7, 11) is 0. The number of aromatic nitrogens is 1. The van der Waals surface area contributed by atoms with E-state index in [9.17, 15) is 9.90 Å². The van der Waals surface area contributed by atoms with Gasteiger partial charge in [-0.2, -0.15) is 0 Å². The second-order valence-electron chi connectivity index (χ2n) is 5.95. The van der Waals surface area contributed by atoms with Crippen LogP contribution in [-0.2, 0) is 13.2 Å². The number of ether oxygens (including phenoxy) is 1. The number of amides is 1. The van der Waals surface area contributed by atoms with Gasteiger partial charge in [-0.1, -0.05) is 35.9 Å². The topological polar surface area (TPSA) is 71.5 Å². The molecule has 0 saturated heterocycles. The molecule has 0 fully saturated rings. The SMILES string of the molecule is Cc1cccc(COc2cccc(C(=O)Nc3cnccc3CO)c2)c1. The van der Waals surface area contributed by atoms with E-state index in [1.165, 1.54) is 11.8 Å². The molecule has 5 heteroatoms. The third-order valence-corrected chi connectivity index (χ3v) is 3.91. The van der Waals surface area contributed by atoms with Crippen molar-refractivity contribution in [1.29, 1.82) is 0 Å². The molecule has 3 rings (SSSR count). The van der Waals surface area contributed by atoms with Crippen molar-refractivity contribution in [3.05, 3.63) is 89.2 Å². The Bertz CT molecular complexity index is 909. The van der Waals surface area contributed by atoms with E-state index < -0.39 is 0 Å². The highest BCUT2D eigenvalue weighted by atomic mass is 16.5. The molecule has 1 amide bonds. The van der Waals surface area contributed by atoms with E-state index in [2.05, 4.69) is 16.4 Å². The van der Waals surface area contributed by atoms with Gasteiger partial charge >= 0.3 is 0 Å². The van der Waals surface area contributed by atoms with Crippen LogP contribution in [0.1, 0.15) is 27.0 Å². The van der Waals surface area contributed by atoms with Crippen molar-refractivity contribution in [2.24, 2.45) is 0 Å². The maximum Gasteiger partial charge on any atom is 0.255 e. The van der Waals surface area contributed by atoms with Gasteiger partial charge in [0.05, 0.1) is 18.5 Å². The fraction of sp³-hybridized carbons (Fsp3) is 0.143. The highest BCUT2D eigenvalue weighted by molar-refractivity contribution is 6.04. The lowest BCUT2D eigenvalue weighted by atomic mass is 10.1. The molecule has 0 atom stereocenters. The summed E-state index contributed by atoms with van der Waals surface area (Å²) in [5.74, 6) is 0.335. The number of aliphatic hydroxyl groups is 1. The van der Waals surface area contributed by atoms with Gasteiger partial charge in [0.25, 0.3) is 5.91 Å². The van der Waals surface area contributed by atoms with Crippen LogP contribution in [0.2, 0.25) is 0 Å². The number of aliphatic hydroxyl groups excluding tert-OH is 1. The first kappa shape index (κ1) is 17.6. The van der Waals surface area contributed by atoms with Gasteiger partial charge in [0.2, 0.25) is 0 Å². The van der Waals surface area contributed by atoms with Crippen LogP contribution >= 0.6 is 0 Å². The van der Waals surface area contributed by atoms with E-state index in [1.54, 1.807) is 30.5 Å². The number of pyridine rings is 1. The van der Waals surface area contributed by atoms with Gasteiger partial charge in [-0.3, -0.25) is 9.78 Å². The van der Waals surface area contributed by atoms with Crippen molar-refractivity contribution in [3.8, 4) is 5.75 Å². The number of aryl methyl sites for hydroxylation is 1. The summed E-state index contributed by atoms with van der Waals surface area (Å²) in [5.41, 5.74) is 3.82. The Hall–Kier alpha value is -3.18. The quantitative estimate of drug-likeness (QED) is 0.712. The van der Waals surface area contributed by atoms with Gasteiger partial charge in [0.15, 0.2) is 0 Å². The Labute approximate surface area is 152 Å². The second-order valence-corrected chi connectivity index (χ2v) is 5.95. The van der Waals surface area contributed by atoms with Crippen LogP contribution < -0.4 is 10.1 Å². The molecule has 0 aliphatic carbocycles. The van der Waals surface area contributed by atoms with E-state index in [0.29, 0.717) is 29.2 Å². The molecule has 2 aromatic carbocycles. The maximum absolute atomic E-state index is 12.5. The van der Waals surface area contributed by atoms with Crippen molar-refractivity contribution < 1.29 is 14.6 Å². The zero-order valence-corrected chi connectivity index (χ0v) is 14.5. The van der Waals surface area contributed by atoms with Gasteiger partial charge < -0.3 is 15.2 Å². The molecule has 26 heavy (non-hydrogen) atoms. The summed E-state index contributed by atoms with van der Waals surface area (Å²) in [5, 5.41) is 12.1. The molecule has 3 aromatic rings. The molecular formula is C21H20N2O3. The molecule has 0 radical (unpaired) electrons. The third kappa shape index (κ3) is 4.46. The zero-order chi connectivity index (χ0) is 18.4. The molecule has 5 nitrogen and oxygen atoms in total. The first-order chi connectivity index (χ1) is 12.7. The molecule has 0 bridgehead atoms. The number of carbonyl (C=O) groups is 1. The van der Waals surface area contributed by atoms with Crippen molar-refractivity contribution in [1.82, 2.24) is 4.98 Å². The number of nitrogens with zero attached hydrogens (tertiary/aromatic N) is 1. The van der Waals surface area contributed by atoms with Crippen LogP contribution in [-0.4, -0.2) is 16.0 Å². The van der Waals surface area contributed by atoms with Crippen LogP contribution in [0.4, 0.5) is 5.69 Å². The Kier molecular flexibility index (Phi) is 5.61. The number of carbonyl (C=O) groups excluding carboxylic acids is 1. The Morgan fingerprint density at radius 2 is 2.00 bits per heavy atom. The summed E-state index contributed by atoms with van der Waals surface area (Å²) < 4.78 is 5.80. The number of hydrogen-bond acceptors (Lipinski definition) is 4. The fourth-order valence-electron chi connectivity index (χ4n) is 2.56. The van der Waals surface area contributed by atoms with Crippen molar-refractivity contribution >= 4 is 11.6 Å². The van der Waals surface area contributed by atoms with Gasteiger partial charge in [-0.05, 0) is 36.8 Å². The molecule has 0 spiro atoms. The summed E-state index contributed by atoms with van der Waals surface area (Å²) >= 11 is 0. The lowest BCUT2D eigenvalue weighted by Crippen LogP contribution is -2.13. The average Bonchev–Trinajstić information content (AvgIpc) is 2.67. The molecule has 0 unspecified atom stereocenters. The van der Waals surface area contributed by atoms with Crippen LogP contribution in [0.3, 0.4) is 0 Å². The largest absolute Gasteiger partial charge is 0.489 e. The number of rotatable bonds is 6. The molecule has 0 saturated carbocycles. The van der Waals surface area contributed by atoms with Crippen molar-refractivity contribution in [2.45, 2.75) is 20.1 Å². The Morgan fingerprint density at radius 1 is 1.15 bits per heavy atom. The van der Waals surface area contributed by atoms with E-state index in [1.807, 2.05) is 31.2 Å². The maximum atomic E-state index is 12.5. The number of hydrogen-bond donors (Lipinski definition) is 2. The Morgan fingerprint density at radius 3 is 2.81 bits per heavy atom. The molecule has 1 aromatic heterocycles. The number of benzene rings is 2. The highest BCUT2D eigenvalue weighted by Gasteiger charge is 2.10. The van der Waals surface area contributed by atoms with Crippen LogP contribution in [0, 0.1) is 6.92 Å².